The second-order valence-electron chi connectivity index (χ2n) is 6.76. The summed E-state index contributed by atoms with van der Waals surface area (Å²) in [7, 11) is -3.85. The lowest BCUT2D eigenvalue weighted by molar-refractivity contribution is -0.117. The van der Waals surface area contributed by atoms with E-state index in [9.17, 15) is 13.2 Å². The van der Waals surface area contributed by atoms with Gasteiger partial charge in [0.2, 0.25) is 15.9 Å². The Labute approximate surface area is 167 Å². The van der Waals surface area contributed by atoms with Gasteiger partial charge >= 0.3 is 0 Å². The maximum absolute atomic E-state index is 12.8. The van der Waals surface area contributed by atoms with Gasteiger partial charge in [0, 0.05) is 17.6 Å². The Hall–Kier alpha value is -1.80. The van der Waals surface area contributed by atoms with Crippen LogP contribution in [0.1, 0.15) is 12.0 Å². The number of nitrogens with one attached hydrogen (secondary N) is 2. The molecule has 2 heterocycles. The molecule has 4 rings (SSSR count). The van der Waals surface area contributed by atoms with Crippen LogP contribution in [0.4, 0.5) is 11.4 Å². The number of hydrogen-bond donors (Lipinski definition) is 2. The molecule has 2 aromatic carbocycles. The number of para-hydroxylation sites is 2. The standard InChI is InChI=1S/C18H17Cl2N3O3S/c1-10-6-17(13(20)8-12(10)19)27(25,26)22-11-7-16-18(24)21-14-4-2-3-5-15(14)23(16)9-11/h2-6,8,11,16,22H,7,9H2,1H3,(H,21,24). The number of carbonyl (C=O) groups is 1. The number of hydrogen-bond acceptors (Lipinski definition) is 4. The van der Waals surface area contributed by atoms with Crippen LogP contribution in [0.2, 0.25) is 10.0 Å². The predicted octanol–water partition coefficient (Wildman–Crippen LogP) is 3.18. The van der Waals surface area contributed by atoms with Crippen molar-refractivity contribution in [3.8, 4) is 0 Å². The van der Waals surface area contributed by atoms with Crippen molar-refractivity contribution in [2.45, 2.75) is 30.3 Å². The molecule has 0 aromatic heterocycles. The molecule has 2 aliphatic heterocycles. The number of halogens is 2. The third-order valence-electron chi connectivity index (χ3n) is 4.90. The second kappa shape index (κ2) is 6.67. The van der Waals surface area contributed by atoms with Crippen molar-refractivity contribution in [2.75, 3.05) is 16.8 Å². The number of fused-ring (bicyclic) bond motifs is 3. The molecule has 0 radical (unpaired) electrons. The van der Waals surface area contributed by atoms with Crippen molar-refractivity contribution in [1.82, 2.24) is 4.72 Å². The van der Waals surface area contributed by atoms with E-state index in [0.717, 1.165) is 11.4 Å². The summed E-state index contributed by atoms with van der Waals surface area (Å²) in [5.74, 6) is -0.129. The lowest BCUT2D eigenvalue weighted by Gasteiger charge is -2.32. The number of sulfonamides is 1. The van der Waals surface area contributed by atoms with E-state index in [1.807, 2.05) is 29.2 Å². The molecular weight excluding hydrogens is 409 g/mol. The van der Waals surface area contributed by atoms with Gasteiger partial charge in [-0.2, -0.15) is 0 Å². The zero-order valence-corrected chi connectivity index (χ0v) is 16.7. The lowest BCUT2D eigenvalue weighted by atomic mass is 10.1. The van der Waals surface area contributed by atoms with E-state index in [1.54, 1.807) is 6.92 Å². The number of rotatable bonds is 3. The minimum Gasteiger partial charge on any atom is -0.356 e. The number of benzene rings is 2. The zero-order chi connectivity index (χ0) is 19.3. The summed E-state index contributed by atoms with van der Waals surface area (Å²) in [6.07, 6.45) is 0.379. The quantitative estimate of drug-likeness (QED) is 0.791. The molecule has 142 valence electrons. The van der Waals surface area contributed by atoms with Crippen molar-refractivity contribution >= 4 is 50.5 Å². The Kier molecular flexibility index (Phi) is 4.58. The highest BCUT2D eigenvalue weighted by Crippen LogP contribution is 2.37. The van der Waals surface area contributed by atoms with Gasteiger partial charge in [-0.15, -0.1) is 0 Å². The van der Waals surface area contributed by atoms with Crippen molar-refractivity contribution in [1.29, 1.82) is 0 Å². The van der Waals surface area contributed by atoms with Crippen molar-refractivity contribution in [3.05, 3.63) is 52.0 Å². The zero-order valence-electron chi connectivity index (χ0n) is 14.4. The highest BCUT2D eigenvalue weighted by Gasteiger charge is 2.42. The first-order valence-electron chi connectivity index (χ1n) is 8.41. The molecule has 2 atom stereocenters. The minimum absolute atomic E-state index is 0.0132. The van der Waals surface area contributed by atoms with E-state index >= 15 is 0 Å². The molecule has 1 fully saturated rings. The monoisotopic (exact) mass is 425 g/mol. The molecule has 0 spiro atoms. The molecule has 1 amide bonds. The molecule has 0 aliphatic carbocycles. The average Bonchev–Trinajstić information content (AvgIpc) is 3.02. The Morgan fingerprint density at radius 2 is 1.93 bits per heavy atom. The van der Waals surface area contributed by atoms with Crippen LogP contribution >= 0.6 is 23.2 Å². The summed E-state index contributed by atoms with van der Waals surface area (Å²) in [4.78, 5) is 14.3. The van der Waals surface area contributed by atoms with E-state index in [2.05, 4.69) is 10.0 Å². The van der Waals surface area contributed by atoms with E-state index in [4.69, 9.17) is 23.2 Å². The number of aryl methyl sites for hydroxylation is 1. The Bertz CT molecular complexity index is 1040. The van der Waals surface area contributed by atoms with Gasteiger partial charge in [0.1, 0.15) is 10.9 Å². The van der Waals surface area contributed by atoms with Crippen molar-refractivity contribution < 1.29 is 13.2 Å². The van der Waals surface area contributed by atoms with Crippen LogP contribution in [0.25, 0.3) is 0 Å². The van der Waals surface area contributed by atoms with E-state index in [0.29, 0.717) is 23.6 Å². The molecule has 0 bridgehead atoms. The first kappa shape index (κ1) is 18.6. The largest absolute Gasteiger partial charge is 0.356 e. The van der Waals surface area contributed by atoms with Crippen LogP contribution in [0.3, 0.4) is 0 Å². The highest BCUT2D eigenvalue weighted by molar-refractivity contribution is 7.89. The van der Waals surface area contributed by atoms with Crippen molar-refractivity contribution in [3.63, 3.8) is 0 Å². The second-order valence-corrected chi connectivity index (χ2v) is 9.26. The van der Waals surface area contributed by atoms with Gasteiger partial charge in [-0.05, 0) is 43.2 Å². The fourth-order valence-corrected chi connectivity index (χ4v) is 5.67. The van der Waals surface area contributed by atoms with Gasteiger partial charge in [0.25, 0.3) is 0 Å². The molecule has 2 aliphatic rings. The fourth-order valence-electron chi connectivity index (χ4n) is 3.60. The van der Waals surface area contributed by atoms with Crippen molar-refractivity contribution in [2.24, 2.45) is 0 Å². The van der Waals surface area contributed by atoms with E-state index in [1.165, 1.54) is 12.1 Å². The maximum Gasteiger partial charge on any atom is 0.247 e. The summed E-state index contributed by atoms with van der Waals surface area (Å²) in [5.41, 5.74) is 2.25. The third kappa shape index (κ3) is 3.29. The first-order valence-corrected chi connectivity index (χ1v) is 10.6. The van der Waals surface area contributed by atoms with E-state index < -0.39 is 22.1 Å². The number of amides is 1. The smallest absolute Gasteiger partial charge is 0.247 e. The molecular formula is C18H17Cl2N3O3S. The number of nitrogens with zero attached hydrogens (tertiary/aromatic N) is 1. The molecule has 2 aromatic rings. The normalized spacial score (nSPS) is 21.6. The molecule has 6 nitrogen and oxygen atoms in total. The summed E-state index contributed by atoms with van der Waals surface area (Å²) >= 11 is 12.1. The van der Waals surface area contributed by atoms with Gasteiger partial charge in [0.15, 0.2) is 0 Å². The van der Waals surface area contributed by atoms with Gasteiger partial charge in [0.05, 0.1) is 16.4 Å². The van der Waals surface area contributed by atoms with E-state index in [-0.39, 0.29) is 15.8 Å². The molecule has 27 heavy (non-hydrogen) atoms. The predicted molar refractivity (Wildman–Crippen MR) is 106 cm³/mol. The van der Waals surface area contributed by atoms with Crippen LogP contribution in [0, 0.1) is 6.92 Å². The van der Waals surface area contributed by atoms with Crippen LogP contribution in [-0.2, 0) is 14.8 Å². The SMILES string of the molecule is Cc1cc(S(=O)(=O)NC2CC3C(=O)Nc4ccccc4N3C2)c(Cl)cc1Cl. The maximum atomic E-state index is 12.8. The molecule has 9 heteroatoms. The van der Waals surface area contributed by atoms with Gasteiger partial charge in [-0.1, -0.05) is 35.3 Å². The Balaban J connectivity index is 1.60. The topological polar surface area (TPSA) is 78.5 Å². The van der Waals surface area contributed by atoms with Gasteiger partial charge in [-0.25, -0.2) is 13.1 Å². The molecule has 2 unspecified atom stereocenters. The molecule has 0 saturated carbocycles. The van der Waals surface area contributed by atoms with Crippen LogP contribution in [0.5, 0.6) is 0 Å². The van der Waals surface area contributed by atoms with Crippen LogP contribution in [-0.4, -0.2) is 33.0 Å². The summed E-state index contributed by atoms with van der Waals surface area (Å²) in [5, 5.41) is 3.35. The summed E-state index contributed by atoms with van der Waals surface area (Å²) in [6, 6.07) is 9.54. The third-order valence-corrected chi connectivity index (χ3v) is 7.29. The first-order chi connectivity index (χ1) is 12.8. The molecule has 2 N–H and O–H groups in total. The van der Waals surface area contributed by atoms with Crippen LogP contribution in [0.15, 0.2) is 41.3 Å². The molecule has 1 saturated heterocycles. The summed E-state index contributed by atoms with van der Waals surface area (Å²) < 4.78 is 28.4. The highest BCUT2D eigenvalue weighted by atomic mass is 35.5. The summed E-state index contributed by atoms with van der Waals surface area (Å²) in [6.45, 7) is 2.12. The lowest BCUT2D eigenvalue weighted by Crippen LogP contribution is -2.44. The Morgan fingerprint density at radius 1 is 1.19 bits per heavy atom. The number of anilines is 2. The minimum atomic E-state index is -3.85. The fraction of sp³-hybridized carbons (Fsp3) is 0.278. The Morgan fingerprint density at radius 3 is 2.70 bits per heavy atom. The van der Waals surface area contributed by atoms with Gasteiger partial charge in [-0.3, -0.25) is 4.79 Å². The average molecular weight is 426 g/mol. The van der Waals surface area contributed by atoms with Crippen LogP contribution < -0.4 is 14.9 Å². The van der Waals surface area contributed by atoms with Gasteiger partial charge < -0.3 is 10.2 Å². The number of carbonyl (C=O) groups excluding carboxylic acids is 1.